The van der Waals surface area contributed by atoms with Gasteiger partial charge in [-0.15, -0.1) is 0 Å². The molecule has 3 saturated heterocycles. The van der Waals surface area contributed by atoms with Gasteiger partial charge in [-0.05, 0) is 79.8 Å². The summed E-state index contributed by atoms with van der Waals surface area (Å²) in [5.41, 5.74) is 0.695. The summed E-state index contributed by atoms with van der Waals surface area (Å²) >= 11 is 0. The third-order valence-electron chi connectivity index (χ3n) is 10.4. The molecule has 8 rings (SSSR count). The first-order valence-electron chi connectivity index (χ1n) is 16.8. The van der Waals surface area contributed by atoms with Crippen LogP contribution in [-0.4, -0.2) is 85.1 Å². The van der Waals surface area contributed by atoms with Crippen LogP contribution in [0.4, 0.5) is 19.0 Å². The number of carbonyl (C=O) groups excluding carboxylic acids is 1. The summed E-state index contributed by atoms with van der Waals surface area (Å²) in [5, 5.41) is 16.2. The van der Waals surface area contributed by atoms with Crippen LogP contribution < -0.4 is 9.64 Å². The molecule has 3 fully saturated rings. The Kier molecular flexibility index (Phi) is 7.69. The number of alkyl halides is 1. The van der Waals surface area contributed by atoms with Crippen molar-refractivity contribution < 1.29 is 27.8 Å². The Hall–Kier alpha value is -4.78. The van der Waals surface area contributed by atoms with E-state index in [0.29, 0.717) is 66.4 Å². The lowest BCUT2D eigenvalue weighted by Crippen LogP contribution is -2.43. The molecule has 0 spiro atoms. The SMILES string of the molecule is CCc1c(F)ccc2cc(O)cc(-c3ncc4c(N5CCC(C(=O)n6ccc(C)n6)C5)nc(OC[C@@]56CCCN5C[C@H](F)C6)nc4c3F)c12. The van der Waals surface area contributed by atoms with Crippen LogP contribution in [0.3, 0.4) is 0 Å². The number of halogens is 3. The minimum Gasteiger partial charge on any atom is -0.508 e. The maximum Gasteiger partial charge on any atom is 0.319 e. The average molecular weight is 672 g/mol. The fraction of sp³-hybridized carbons (Fsp3) is 0.417. The number of anilines is 1. The summed E-state index contributed by atoms with van der Waals surface area (Å²) in [6.45, 7) is 5.69. The monoisotopic (exact) mass is 671 g/mol. The summed E-state index contributed by atoms with van der Waals surface area (Å²) in [7, 11) is 0. The molecule has 5 aromatic rings. The van der Waals surface area contributed by atoms with E-state index in [2.05, 4.69) is 20.0 Å². The Morgan fingerprint density at radius 2 is 2.00 bits per heavy atom. The minimum absolute atomic E-state index is 0.0657. The first kappa shape index (κ1) is 31.5. The van der Waals surface area contributed by atoms with Gasteiger partial charge in [0.25, 0.3) is 5.91 Å². The lowest BCUT2D eigenvalue weighted by molar-refractivity contribution is 0.0829. The number of phenolic OH excluding ortho intramolecular Hbond substituents is 1. The maximum atomic E-state index is 16.9. The minimum atomic E-state index is -0.948. The number of rotatable bonds is 7. The molecule has 3 atom stereocenters. The fourth-order valence-electron chi connectivity index (χ4n) is 8.07. The number of phenols is 1. The van der Waals surface area contributed by atoms with Crippen molar-refractivity contribution in [3.8, 4) is 23.0 Å². The number of carbonyl (C=O) groups is 1. The highest BCUT2D eigenvalue weighted by atomic mass is 19.1. The van der Waals surface area contributed by atoms with E-state index in [1.54, 1.807) is 18.3 Å². The van der Waals surface area contributed by atoms with Crippen molar-refractivity contribution in [1.29, 1.82) is 0 Å². The van der Waals surface area contributed by atoms with E-state index in [1.165, 1.54) is 29.1 Å². The first-order chi connectivity index (χ1) is 23.6. The van der Waals surface area contributed by atoms with Crippen LogP contribution in [0.25, 0.3) is 32.9 Å². The molecule has 0 amide bonds. The van der Waals surface area contributed by atoms with Crippen molar-refractivity contribution in [2.45, 2.75) is 57.7 Å². The van der Waals surface area contributed by atoms with Gasteiger partial charge < -0.3 is 14.7 Å². The van der Waals surface area contributed by atoms with Crippen molar-refractivity contribution in [3.05, 3.63) is 65.6 Å². The van der Waals surface area contributed by atoms with E-state index < -0.39 is 23.3 Å². The summed E-state index contributed by atoms with van der Waals surface area (Å²) < 4.78 is 54.0. The number of nitrogens with zero attached hydrogens (tertiary/aromatic N) is 7. The van der Waals surface area contributed by atoms with Crippen LogP contribution in [0, 0.1) is 24.5 Å². The van der Waals surface area contributed by atoms with Gasteiger partial charge in [-0.1, -0.05) is 13.0 Å². The average Bonchev–Trinajstić information content (AvgIpc) is 3.88. The molecule has 3 aliphatic heterocycles. The largest absolute Gasteiger partial charge is 0.508 e. The van der Waals surface area contributed by atoms with Crippen LogP contribution in [0.2, 0.25) is 0 Å². The fourth-order valence-corrected chi connectivity index (χ4v) is 8.07. The van der Waals surface area contributed by atoms with Gasteiger partial charge in [0, 0.05) is 44.0 Å². The van der Waals surface area contributed by atoms with Crippen molar-refractivity contribution in [2.75, 3.05) is 37.7 Å². The highest BCUT2D eigenvalue weighted by Crippen LogP contribution is 2.42. The lowest BCUT2D eigenvalue weighted by atomic mass is 9.94. The van der Waals surface area contributed by atoms with Crippen molar-refractivity contribution >= 4 is 33.4 Å². The van der Waals surface area contributed by atoms with E-state index in [1.807, 2.05) is 18.7 Å². The first-order valence-corrected chi connectivity index (χ1v) is 16.8. The van der Waals surface area contributed by atoms with Gasteiger partial charge in [0.15, 0.2) is 5.82 Å². The Bertz CT molecular complexity index is 2120. The van der Waals surface area contributed by atoms with E-state index in [9.17, 15) is 18.7 Å². The number of benzene rings is 2. The summed E-state index contributed by atoms with van der Waals surface area (Å²) in [6.07, 6.45) is 5.10. The van der Waals surface area contributed by atoms with Gasteiger partial charge >= 0.3 is 6.01 Å². The van der Waals surface area contributed by atoms with Gasteiger partial charge in [-0.3, -0.25) is 14.7 Å². The van der Waals surface area contributed by atoms with Gasteiger partial charge in [0.2, 0.25) is 0 Å². The van der Waals surface area contributed by atoms with Gasteiger partial charge in [-0.2, -0.15) is 15.1 Å². The van der Waals surface area contributed by atoms with Gasteiger partial charge in [0.1, 0.15) is 41.4 Å². The number of hydrogen-bond donors (Lipinski definition) is 1. The van der Waals surface area contributed by atoms with Crippen molar-refractivity contribution in [1.82, 2.24) is 29.6 Å². The Morgan fingerprint density at radius 1 is 1.14 bits per heavy atom. The third-order valence-corrected chi connectivity index (χ3v) is 10.4. The predicted octanol–water partition coefficient (Wildman–Crippen LogP) is 6.02. The topological polar surface area (TPSA) is 110 Å². The molecule has 0 bridgehead atoms. The van der Waals surface area contributed by atoms with Crippen molar-refractivity contribution in [3.63, 3.8) is 0 Å². The highest BCUT2D eigenvalue weighted by Gasteiger charge is 2.49. The molecule has 0 aliphatic carbocycles. The van der Waals surface area contributed by atoms with Gasteiger partial charge in [0.05, 0.1) is 22.5 Å². The van der Waals surface area contributed by atoms with E-state index in [-0.39, 0.29) is 47.0 Å². The standard InChI is InChI=1S/C36H36F3N7O3/c1-3-25-28(38)6-5-21-13-24(47)14-26(29(21)25)31-30(39)32-27(16-40-31)33(44-11-8-22(17-44)34(48)46-12-7-20(2)43-46)42-35(41-32)49-19-36-9-4-10-45(36)18-23(37)15-36/h5-7,12-14,16,22-23,47H,3-4,8-11,15,17-19H2,1-2H3/t22?,23-,36+/m1/s1. The normalized spacial score (nSPS) is 22.4. The quantitative estimate of drug-likeness (QED) is 0.222. The summed E-state index contributed by atoms with van der Waals surface area (Å²) in [4.78, 5) is 31.1. The number of aryl methyl sites for hydroxylation is 2. The highest BCUT2D eigenvalue weighted by molar-refractivity contribution is 6.02. The zero-order valence-corrected chi connectivity index (χ0v) is 27.3. The Balaban J connectivity index is 1.23. The van der Waals surface area contributed by atoms with Gasteiger partial charge in [-0.25, -0.2) is 17.9 Å². The molecule has 3 aromatic heterocycles. The number of ether oxygens (including phenoxy) is 1. The molecule has 2 aromatic carbocycles. The molecule has 1 N–H and O–H groups in total. The molecule has 0 saturated carbocycles. The molecule has 0 radical (unpaired) electrons. The van der Waals surface area contributed by atoms with E-state index >= 15 is 4.39 Å². The Labute approximate surface area is 280 Å². The molecule has 49 heavy (non-hydrogen) atoms. The molecule has 6 heterocycles. The van der Waals surface area contributed by atoms with Crippen LogP contribution in [0.5, 0.6) is 11.8 Å². The molecule has 13 heteroatoms. The third kappa shape index (κ3) is 5.34. The summed E-state index contributed by atoms with van der Waals surface area (Å²) in [6, 6.07) is 7.47. The molecule has 3 aliphatic rings. The van der Waals surface area contributed by atoms with Crippen LogP contribution >= 0.6 is 0 Å². The number of aromatic nitrogens is 5. The molecular formula is C36H36F3N7O3. The number of pyridine rings is 1. The number of hydrogen-bond acceptors (Lipinski definition) is 9. The smallest absolute Gasteiger partial charge is 0.319 e. The summed E-state index contributed by atoms with van der Waals surface area (Å²) in [5.74, 6) is -1.50. The molecule has 254 valence electrons. The molecule has 1 unspecified atom stereocenters. The second-order valence-corrected chi connectivity index (χ2v) is 13.5. The predicted molar refractivity (Wildman–Crippen MR) is 178 cm³/mol. The van der Waals surface area contributed by atoms with Crippen molar-refractivity contribution in [2.24, 2.45) is 5.92 Å². The zero-order valence-electron chi connectivity index (χ0n) is 27.3. The van der Waals surface area contributed by atoms with Crippen LogP contribution in [0.1, 0.15) is 48.7 Å². The number of fused-ring (bicyclic) bond motifs is 3. The second-order valence-electron chi connectivity index (χ2n) is 13.5. The van der Waals surface area contributed by atoms with E-state index in [4.69, 9.17) is 9.72 Å². The van der Waals surface area contributed by atoms with E-state index in [0.717, 1.165) is 25.1 Å². The molecule has 10 nitrogen and oxygen atoms in total. The van der Waals surface area contributed by atoms with Crippen LogP contribution in [-0.2, 0) is 6.42 Å². The maximum absolute atomic E-state index is 16.9. The lowest BCUT2D eigenvalue weighted by Gasteiger charge is -2.31. The number of aromatic hydroxyl groups is 1. The second kappa shape index (κ2) is 12.0. The van der Waals surface area contributed by atoms with Crippen LogP contribution in [0.15, 0.2) is 42.7 Å². The zero-order chi connectivity index (χ0) is 34.0. The Morgan fingerprint density at radius 3 is 2.80 bits per heavy atom. The molecular weight excluding hydrogens is 635 g/mol.